The summed E-state index contributed by atoms with van der Waals surface area (Å²) in [4.78, 5) is 0. The van der Waals surface area contributed by atoms with Gasteiger partial charge in [0, 0.05) is 28.8 Å². The second-order valence-corrected chi connectivity index (χ2v) is 5.94. The van der Waals surface area contributed by atoms with E-state index in [1.807, 2.05) is 12.1 Å². The third-order valence-corrected chi connectivity index (χ3v) is 4.63. The Morgan fingerprint density at radius 3 is 2.70 bits per heavy atom. The fourth-order valence-electron chi connectivity index (χ4n) is 3.42. The fraction of sp³-hybridized carbons (Fsp3) is 0.294. The molecule has 3 atom stereocenters. The molecule has 2 heterocycles. The van der Waals surface area contributed by atoms with Crippen LogP contribution in [0.4, 0.5) is 5.69 Å². The van der Waals surface area contributed by atoms with Gasteiger partial charge in [-0.2, -0.15) is 0 Å². The molecule has 102 valence electrons. The molecular formula is C17H16ClNO. The van der Waals surface area contributed by atoms with Crippen molar-refractivity contribution in [1.82, 2.24) is 0 Å². The molecule has 20 heavy (non-hydrogen) atoms. The minimum Gasteiger partial charge on any atom is -0.378 e. The standard InChI is InChI=1S/C17H16ClNO/c18-12-7-5-11(6-8-12)16-14-9-10-20-17(14)13-3-1-2-4-15(13)19-16/h1-8,14,16-17,19H,9-10H2/t14-,16+,17+/m0/s1. The zero-order valence-electron chi connectivity index (χ0n) is 11.1. The lowest BCUT2D eigenvalue weighted by atomic mass is 9.81. The van der Waals surface area contributed by atoms with Crippen molar-refractivity contribution in [3.63, 3.8) is 0 Å². The molecule has 2 nitrogen and oxygen atoms in total. The van der Waals surface area contributed by atoms with E-state index in [2.05, 4.69) is 41.7 Å². The van der Waals surface area contributed by atoms with Gasteiger partial charge in [-0.1, -0.05) is 41.9 Å². The van der Waals surface area contributed by atoms with Crippen molar-refractivity contribution < 1.29 is 4.74 Å². The van der Waals surface area contributed by atoms with Gasteiger partial charge in [0.2, 0.25) is 0 Å². The van der Waals surface area contributed by atoms with Gasteiger partial charge in [-0.25, -0.2) is 0 Å². The maximum atomic E-state index is 6.00. The van der Waals surface area contributed by atoms with E-state index in [1.54, 1.807) is 0 Å². The molecule has 1 saturated heterocycles. The van der Waals surface area contributed by atoms with Crippen molar-refractivity contribution in [2.75, 3.05) is 11.9 Å². The van der Waals surface area contributed by atoms with E-state index < -0.39 is 0 Å². The summed E-state index contributed by atoms with van der Waals surface area (Å²) in [6.07, 6.45) is 1.31. The number of halogens is 1. The molecule has 3 heteroatoms. The molecule has 4 rings (SSSR count). The van der Waals surface area contributed by atoms with Crippen molar-refractivity contribution in [3.8, 4) is 0 Å². The minimum absolute atomic E-state index is 0.216. The molecule has 0 bridgehead atoms. The normalized spacial score (nSPS) is 27.6. The summed E-state index contributed by atoms with van der Waals surface area (Å²) in [7, 11) is 0. The lowest BCUT2D eigenvalue weighted by Crippen LogP contribution is -2.29. The summed E-state index contributed by atoms with van der Waals surface area (Å²) in [5, 5.41) is 4.46. The second-order valence-electron chi connectivity index (χ2n) is 5.50. The van der Waals surface area contributed by atoms with Crippen molar-refractivity contribution in [2.24, 2.45) is 5.92 Å². The number of hydrogen-bond donors (Lipinski definition) is 1. The Kier molecular flexibility index (Phi) is 2.94. The van der Waals surface area contributed by atoms with Gasteiger partial charge < -0.3 is 10.1 Å². The minimum atomic E-state index is 0.216. The Morgan fingerprint density at radius 2 is 1.85 bits per heavy atom. The Hall–Kier alpha value is -1.51. The summed E-state index contributed by atoms with van der Waals surface area (Å²) in [6, 6.07) is 16.9. The molecule has 2 aliphatic heterocycles. The first-order chi connectivity index (χ1) is 9.83. The van der Waals surface area contributed by atoms with Gasteiger partial charge in [0.05, 0.1) is 12.1 Å². The number of fused-ring (bicyclic) bond motifs is 3. The monoisotopic (exact) mass is 285 g/mol. The van der Waals surface area contributed by atoms with Gasteiger partial charge in [0.1, 0.15) is 0 Å². The Bertz CT molecular complexity index is 625. The third kappa shape index (κ3) is 1.91. The largest absolute Gasteiger partial charge is 0.378 e. The average Bonchev–Trinajstić information content (AvgIpc) is 2.97. The van der Waals surface area contributed by atoms with Crippen LogP contribution in [0.3, 0.4) is 0 Å². The van der Waals surface area contributed by atoms with Crippen LogP contribution in [0, 0.1) is 5.92 Å². The molecular weight excluding hydrogens is 270 g/mol. The van der Waals surface area contributed by atoms with Gasteiger partial charge in [0.15, 0.2) is 0 Å². The topological polar surface area (TPSA) is 21.3 Å². The quantitative estimate of drug-likeness (QED) is 0.828. The number of hydrogen-bond acceptors (Lipinski definition) is 2. The highest BCUT2D eigenvalue weighted by Gasteiger charge is 2.41. The molecule has 1 N–H and O–H groups in total. The summed E-state index contributed by atoms with van der Waals surface area (Å²) in [5.74, 6) is 0.492. The highest BCUT2D eigenvalue weighted by Crippen LogP contribution is 2.49. The molecule has 2 aromatic carbocycles. The van der Waals surface area contributed by atoms with Crippen LogP contribution in [-0.4, -0.2) is 6.61 Å². The number of ether oxygens (including phenoxy) is 1. The van der Waals surface area contributed by atoms with Crippen molar-refractivity contribution in [2.45, 2.75) is 18.6 Å². The zero-order valence-corrected chi connectivity index (χ0v) is 11.8. The van der Waals surface area contributed by atoms with E-state index in [0.29, 0.717) is 12.0 Å². The van der Waals surface area contributed by atoms with Crippen molar-refractivity contribution >= 4 is 17.3 Å². The van der Waals surface area contributed by atoms with Gasteiger partial charge in [-0.3, -0.25) is 0 Å². The first-order valence-corrected chi connectivity index (χ1v) is 7.43. The summed E-state index contributed by atoms with van der Waals surface area (Å²) in [6.45, 7) is 0.843. The molecule has 0 unspecified atom stereocenters. The highest BCUT2D eigenvalue weighted by atomic mass is 35.5. The third-order valence-electron chi connectivity index (χ3n) is 4.37. The van der Waals surface area contributed by atoms with Crippen molar-refractivity contribution in [3.05, 3.63) is 64.7 Å². The molecule has 1 fully saturated rings. The maximum absolute atomic E-state index is 6.00. The fourth-order valence-corrected chi connectivity index (χ4v) is 3.55. The van der Waals surface area contributed by atoms with Crippen LogP contribution in [0.5, 0.6) is 0 Å². The summed E-state index contributed by atoms with van der Waals surface area (Å²) < 4.78 is 5.99. The van der Waals surface area contributed by atoms with Gasteiger partial charge in [-0.05, 0) is 30.2 Å². The summed E-state index contributed by atoms with van der Waals surface area (Å²) in [5.41, 5.74) is 3.76. The van der Waals surface area contributed by atoms with E-state index in [9.17, 15) is 0 Å². The number of para-hydroxylation sites is 1. The first-order valence-electron chi connectivity index (χ1n) is 7.05. The number of benzene rings is 2. The first kappa shape index (κ1) is 12.2. The van der Waals surface area contributed by atoms with E-state index in [0.717, 1.165) is 18.1 Å². The Balaban J connectivity index is 1.76. The lowest BCUT2D eigenvalue weighted by Gasteiger charge is -2.36. The molecule has 0 amide bonds. The van der Waals surface area contributed by atoms with Gasteiger partial charge in [-0.15, -0.1) is 0 Å². The number of rotatable bonds is 1. The van der Waals surface area contributed by atoms with E-state index in [1.165, 1.54) is 16.8 Å². The molecule has 2 aliphatic rings. The van der Waals surface area contributed by atoms with Crippen LogP contribution in [-0.2, 0) is 4.74 Å². The van der Waals surface area contributed by atoms with Crippen LogP contribution in [0.25, 0.3) is 0 Å². The Morgan fingerprint density at radius 1 is 1.05 bits per heavy atom. The van der Waals surface area contributed by atoms with E-state index >= 15 is 0 Å². The average molecular weight is 286 g/mol. The Labute approximate surface area is 123 Å². The molecule has 0 spiro atoms. The maximum Gasteiger partial charge on any atom is 0.0896 e. The van der Waals surface area contributed by atoms with Crippen LogP contribution in [0.2, 0.25) is 5.02 Å². The predicted molar refractivity (Wildman–Crippen MR) is 81.1 cm³/mol. The van der Waals surface area contributed by atoms with Crippen LogP contribution >= 0.6 is 11.6 Å². The van der Waals surface area contributed by atoms with Crippen LogP contribution in [0.15, 0.2) is 48.5 Å². The molecule has 0 aliphatic carbocycles. The van der Waals surface area contributed by atoms with E-state index in [4.69, 9.17) is 16.3 Å². The smallest absolute Gasteiger partial charge is 0.0896 e. The number of anilines is 1. The van der Waals surface area contributed by atoms with Crippen LogP contribution in [0.1, 0.15) is 29.7 Å². The lowest BCUT2D eigenvalue weighted by molar-refractivity contribution is 0.0829. The molecule has 2 aromatic rings. The van der Waals surface area contributed by atoms with Crippen LogP contribution < -0.4 is 5.32 Å². The SMILES string of the molecule is Clc1ccc([C@H]2Nc3ccccc3[C@H]3OCC[C@@H]23)cc1. The highest BCUT2D eigenvalue weighted by molar-refractivity contribution is 6.30. The van der Waals surface area contributed by atoms with E-state index in [-0.39, 0.29) is 6.10 Å². The molecule has 0 radical (unpaired) electrons. The molecule has 0 saturated carbocycles. The van der Waals surface area contributed by atoms with Gasteiger partial charge >= 0.3 is 0 Å². The predicted octanol–water partition coefficient (Wildman–Crippen LogP) is 4.58. The van der Waals surface area contributed by atoms with Crippen molar-refractivity contribution in [1.29, 1.82) is 0 Å². The number of nitrogens with one attached hydrogen (secondary N) is 1. The van der Waals surface area contributed by atoms with Gasteiger partial charge in [0.25, 0.3) is 0 Å². The molecule has 0 aromatic heterocycles. The second kappa shape index (κ2) is 4.80. The zero-order chi connectivity index (χ0) is 13.5. The summed E-state index contributed by atoms with van der Waals surface area (Å²) >= 11 is 6.00.